The predicted octanol–water partition coefficient (Wildman–Crippen LogP) is 3.77. The number of benzene rings is 1. The SMILES string of the molecule is Fc1cc(NC(=S)N2CCCCC2)ccc1Br. The predicted molar refractivity (Wildman–Crippen MR) is 75.7 cm³/mol. The van der Waals surface area contributed by atoms with Crippen molar-refractivity contribution in [3.05, 3.63) is 28.5 Å². The number of thiocarbonyl (C=S) groups is 1. The number of hydrogen-bond donors (Lipinski definition) is 1. The summed E-state index contributed by atoms with van der Waals surface area (Å²) in [5.74, 6) is -0.281. The zero-order valence-corrected chi connectivity index (χ0v) is 11.8. The van der Waals surface area contributed by atoms with Gasteiger partial charge in [0.15, 0.2) is 5.11 Å². The van der Waals surface area contributed by atoms with Gasteiger partial charge in [0.1, 0.15) is 5.82 Å². The van der Waals surface area contributed by atoms with Gasteiger partial charge in [0.25, 0.3) is 0 Å². The fourth-order valence-corrected chi connectivity index (χ4v) is 2.42. The van der Waals surface area contributed by atoms with Crippen LogP contribution in [0.3, 0.4) is 0 Å². The van der Waals surface area contributed by atoms with Crippen LogP contribution in [-0.2, 0) is 0 Å². The molecule has 1 saturated heterocycles. The maximum absolute atomic E-state index is 13.3. The van der Waals surface area contributed by atoms with Crippen molar-refractivity contribution in [3.63, 3.8) is 0 Å². The minimum absolute atomic E-state index is 0.281. The molecule has 0 amide bonds. The van der Waals surface area contributed by atoms with E-state index in [-0.39, 0.29) is 5.82 Å². The first-order valence-electron chi connectivity index (χ1n) is 5.68. The van der Waals surface area contributed by atoms with E-state index in [4.69, 9.17) is 12.2 Å². The number of likely N-dealkylation sites (tertiary alicyclic amines) is 1. The highest BCUT2D eigenvalue weighted by atomic mass is 79.9. The van der Waals surface area contributed by atoms with Crippen molar-refractivity contribution in [1.29, 1.82) is 0 Å². The summed E-state index contributed by atoms with van der Waals surface area (Å²) in [6.07, 6.45) is 3.62. The first kappa shape index (κ1) is 12.8. The zero-order chi connectivity index (χ0) is 12.3. The molecule has 1 heterocycles. The van der Waals surface area contributed by atoms with Crippen LogP contribution in [0, 0.1) is 5.82 Å². The number of hydrogen-bond acceptors (Lipinski definition) is 1. The Kier molecular flexibility index (Phi) is 4.34. The summed E-state index contributed by atoms with van der Waals surface area (Å²) in [4.78, 5) is 2.14. The van der Waals surface area contributed by atoms with Crippen molar-refractivity contribution < 1.29 is 4.39 Å². The molecule has 92 valence electrons. The van der Waals surface area contributed by atoms with Gasteiger partial charge in [-0.1, -0.05) is 0 Å². The van der Waals surface area contributed by atoms with Crippen LogP contribution in [0.5, 0.6) is 0 Å². The van der Waals surface area contributed by atoms with Gasteiger partial charge in [-0.15, -0.1) is 0 Å². The lowest BCUT2D eigenvalue weighted by molar-refractivity contribution is 0.346. The lowest BCUT2D eigenvalue weighted by Gasteiger charge is -2.29. The van der Waals surface area contributed by atoms with Crippen molar-refractivity contribution in [3.8, 4) is 0 Å². The Balaban J connectivity index is 1.99. The van der Waals surface area contributed by atoms with Gasteiger partial charge in [-0.05, 0) is 65.6 Å². The van der Waals surface area contributed by atoms with Gasteiger partial charge in [-0.2, -0.15) is 0 Å². The lowest BCUT2D eigenvalue weighted by Crippen LogP contribution is -2.38. The second kappa shape index (κ2) is 5.78. The summed E-state index contributed by atoms with van der Waals surface area (Å²) in [6.45, 7) is 1.98. The standard InChI is InChI=1S/C12H14BrFN2S/c13-10-5-4-9(8-11(10)14)15-12(17)16-6-2-1-3-7-16/h4-5,8H,1-3,6-7H2,(H,15,17). The number of anilines is 1. The van der Waals surface area contributed by atoms with Crippen LogP contribution < -0.4 is 5.32 Å². The molecule has 2 nitrogen and oxygen atoms in total. The third kappa shape index (κ3) is 3.39. The van der Waals surface area contributed by atoms with Gasteiger partial charge < -0.3 is 10.2 Å². The van der Waals surface area contributed by atoms with E-state index in [0.29, 0.717) is 15.3 Å². The van der Waals surface area contributed by atoms with E-state index >= 15 is 0 Å². The molecule has 0 aromatic heterocycles. The van der Waals surface area contributed by atoms with Crippen LogP contribution in [-0.4, -0.2) is 23.1 Å². The highest BCUT2D eigenvalue weighted by Gasteiger charge is 2.13. The van der Waals surface area contributed by atoms with Crippen LogP contribution >= 0.6 is 28.1 Å². The van der Waals surface area contributed by atoms with Gasteiger partial charge in [0, 0.05) is 18.8 Å². The Bertz CT molecular complexity index is 419. The van der Waals surface area contributed by atoms with E-state index in [2.05, 4.69) is 26.1 Å². The van der Waals surface area contributed by atoms with Crippen molar-refractivity contribution in [1.82, 2.24) is 4.90 Å². The molecular formula is C12H14BrFN2S. The third-order valence-electron chi connectivity index (χ3n) is 2.81. The first-order valence-corrected chi connectivity index (χ1v) is 6.88. The van der Waals surface area contributed by atoms with E-state index < -0.39 is 0 Å². The number of rotatable bonds is 1. The van der Waals surface area contributed by atoms with Crippen molar-refractivity contribution in [2.45, 2.75) is 19.3 Å². The molecule has 17 heavy (non-hydrogen) atoms. The minimum atomic E-state index is -0.281. The van der Waals surface area contributed by atoms with E-state index in [1.54, 1.807) is 6.07 Å². The first-order chi connectivity index (χ1) is 8.16. The van der Waals surface area contributed by atoms with E-state index in [0.717, 1.165) is 13.1 Å². The van der Waals surface area contributed by atoms with Gasteiger partial charge in [-0.25, -0.2) is 4.39 Å². The fraction of sp³-hybridized carbons (Fsp3) is 0.417. The molecule has 1 aliphatic heterocycles. The molecule has 0 atom stereocenters. The molecule has 0 radical (unpaired) electrons. The largest absolute Gasteiger partial charge is 0.349 e. The number of halogens is 2. The van der Waals surface area contributed by atoms with Crippen molar-refractivity contribution >= 4 is 38.9 Å². The van der Waals surface area contributed by atoms with Crippen molar-refractivity contribution in [2.75, 3.05) is 18.4 Å². The second-order valence-corrected chi connectivity index (χ2v) is 5.35. The highest BCUT2D eigenvalue weighted by Crippen LogP contribution is 2.20. The second-order valence-electron chi connectivity index (χ2n) is 4.11. The average Bonchev–Trinajstić information content (AvgIpc) is 2.35. The molecule has 0 saturated carbocycles. The molecular weight excluding hydrogens is 303 g/mol. The Morgan fingerprint density at radius 2 is 2.00 bits per heavy atom. The molecule has 0 unspecified atom stereocenters. The van der Waals surface area contributed by atoms with Crippen LogP contribution in [0.1, 0.15) is 19.3 Å². The molecule has 1 fully saturated rings. The summed E-state index contributed by atoms with van der Waals surface area (Å²) in [5, 5.41) is 3.76. The van der Waals surface area contributed by atoms with Gasteiger partial charge >= 0.3 is 0 Å². The topological polar surface area (TPSA) is 15.3 Å². The third-order valence-corrected chi connectivity index (χ3v) is 3.82. The monoisotopic (exact) mass is 316 g/mol. The molecule has 2 rings (SSSR count). The average molecular weight is 317 g/mol. The summed E-state index contributed by atoms with van der Waals surface area (Å²) >= 11 is 8.44. The summed E-state index contributed by atoms with van der Waals surface area (Å²) in [5.41, 5.74) is 0.696. The Morgan fingerprint density at radius 1 is 1.29 bits per heavy atom. The molecule has 0 bridgehead atoms. The lowest BCUT2D eigenvalue weighted by atomic mass is 10.1. The minimum Gasteiger partial charge on any atom is -0.349 e. The molecule has 5 heteroatoms. The quantitative estimate of drug-likeness (QED) is 0.794. The zero-order valence-electron chi connectivity index (χ0n) is 9.38. The Morgan fingerprint density at radius 3 is 2.65 bits per heavy atom. The normalized spacial score (nSPS) is 15.8. The summed E-state index contributed by atoms with van der Waals surface area (Å²) in [6, 6.07) is 4.93. The fourth-order valence-electron chi connectivity index (χ4n) is 1.87. The highest BCUT2D eigenvalue weighted by molar-refractivity contribution is 9.10. The number of piperidine rings is 1. The molecule has 0 spiro atoms. The van der Waals surface area contributed by atoms with Gasteiger partial charge in [0.05, 0.1) is 4.47 Å². The maximum Gasteiger partial charge on any atom is 0.173 e. The summed E-state index contributed by atoms with van der Waals surface area (Å²) < 4.78 is 13.8. The summed E-state index contributed by atoms with van der Waals surface area (Å²) in [7, 11) is 0. The maximum atomic E-state index is 13.3. The molecule has 1 aromatic rings. The number of nitrogens with one attached hydrogen (secondary N) is 1. The number of nitrogens with zero attached hydrogens (tertiary/aromatic N) is 1. The van der Waals surface area contributed by atoms with Crippen LogP contribution in [0.25, 0.3) is 0 Å². The van der Waals surface area contributed by atoms with E-state index in [9.17, 15) is 4.39 Å². The van der Waals surface area contributed by atoms with Crippen LogP contribution in [0.15, 0.2) is 22.7 Å². The van der Waals surface area contributed by atoms with E-state index in [1.807, 2.05) is 6.07 Å². The van der Waals surface area contributed by atoms with Crippen LogP contribution in [0.2, 0.25) is 0 Å². The van der Waals surface area contributed by atoms with Gasteiger partial charge in [0.2, 0.25) is 0 Å². The van der Waals surface area contributed by atoms with Crippen molar-refractivity contribution in [2.24, 2.45) is 0 Å². The molecule has 1 aliphatic rings. The van der Waals surface area contributed by atoms with E-state index in [1.165, 1.54) is 25.3 Å². The Labute approximate surface area is 114 Å². The van der Waals surface area contributed by atoms with Gasteiger partial charge in [-0.3, -0.25) is 0 Å². The molecule has 1 N–H and O–H groups in total. The van der Waals surface area contributed by atoms with Crippen LogP contribution in [0.4, 0.5) is 10.1 Å². The molecule has 0 aliphatic carbocycles. The molecule has 1 aromatic carbocycles. The Hall–Kier alpha value is -0.680. The smallest absolute Gasteiger partial charge is 0.173 e.